The van der Waals surface area contributed by atoms with Gasteiger partial charge in [0.25, 0.3) is 0 Å². The highest BCUT2D eigenvalue weighted by molar-refractivity contribution is 8.26. The number of benzene rings is 1. The molecule has 0 aromatic heterocycles. The minimum Gasteiger partial charge on any atom is -0.507 e. The number of hydrogen-bond donors (Lipinski definition) is 1. The zero-order valence-corrected chi connectivity index (χ0v) is 36.4. The van der Waals surface area contributed by atoms with Crippen LogP contribution in [-0.4, -0.2) is 28.6 Å². The van der Waals surface area contributed by atoms with E-state index in [2.05, 4.69) is 74.4 Å². The number of carbonyl (C=O) groups excluding carboxylic acids is 2. The van der Waals surface area contributed by atoms with Gasteiger partial charge in [0.2, 0.25) is 0 Å². The Balaban J connectivity index is 0.00000129. The quantitative estimate of drug-likeness (QED) is 0.0959. The largest absolute Gasteiger partial charge is 0.507 e. The van der Waals surface area contributed by atoms with Crippen LogP contribution >= 0.6 is 10.6 Å². The van der Waals surface area contributed by atoms with Gasteiger partial charge in [-0.15, -0.1) is 10.6 Å². The van der Waals surface area contributed by atoms with Crippen LogP contribution in [0.5, 0.6) is 5.75 Å². The summed E-state index contributed by atoms with van der Waals surface area (Å²) in [6.45, 7) is 23.0. The number of unbranched alkanes of at least 4 members (excludes halogenated alkanes) is 18. The van der Waals surface area contributed by atoms with E-state index in [4.69, 9.17) is 8.37 Å². The first-order chi connectivity index (χ1) is 24.1. The second kappa shape index (κ2) is 27.9. The van der Waals surface area contributed by atoms with Gasteiger partial charge in [-0.05, 0) is 41.7 Å². The summed E-state index contributed by atoms with van der Waals surface area (Å²) in [7, 11) is -2.13. The van der Waals surface area contributed by atoms with Gasteiger partial charge in [-0.3, -0.25) is 9.59 Å². The molecule has 1 N–H and O–H groups in total. The number of carbonyl (C=O) groups is 2. The van der Waals surface area contributed by atoms with Gasteiger partial charge in [-0.1, -0.05) is 203 Å². The van der Waals surface area contributed by atoms with Crippen LogP contribution in [0.2, 0.25) is 0 Å². The standard InChI is InChI=1S/C30H60O4S.C15H24O/c1-5-9-11-13-15-17-19-21-23-25-27-35(33-29(31)7-3,34-30(32)8-4)28-26-24-22-20-18-16-14-12-10-6-2;1-10-8-11(14(2,3)4)13(16)12(9-10)15(5,6)7/h5-28H2,1-4H3;8-9,16H,1-7H3. The van der Waals surface area contributed by atoms with Crippen molar-refractivity contribution in [2.24, 2.45) is 0 Å². The molecule has 300 valence electrons. The summed E-state index contributed by atoms with van der Waals surface area (Å²) in [5, 5.41) is 10.4. The molecular weight excluding hydrogens is 653 g/mol. The molecule has 1 aromatic carbocycles. The Hall–Kier alpha value is -1.69. The topological polar surface area (TPSA) is 72.8 Å². The maximum absolute atomic E-state index is 12.3. The Morgan fingerprint density at radius 2 is 0.804 bits per heavy atom. The number of aromatic hydroxyl groups is 1. The lowest BCUT2D eigenvalue weighted by atomic mass is 9.78. The average Bonchev–Trinajstić information content (AvgIpc) is 3.06. The molecule has 0 saturated carbocycles. The maximum Gasteiger partial charge on any atom is 0.328 e. The SMILES string of the molecule is CCCCCCCCCCCCS(CCCCCCCCCCCC)(OC(=O)CC)OC(=O)CC.Cc1cc(C(C)(C)C)c(O)c(C(C)(C)C)c1. The van der Waals surface area contributed by atoms with Gasteiger partial charge in [0.05, 0.1) is 11.5 Å². The predicted octanol–water partition coefficient (Wildman–Crippen LogP) is 14.7. The van der Waals surface area contributed by atoms with Gasteiger partial charge in [0, 0.05) is 12.8 Å². The zero-order chi connectivity index (χ0) is 38.8. The van der Waals surface area contributed by atoms with Gasteiger partial charge < -0.3 is 13.5 Å². The molecule has 0 aliphatic rings. The number of rotatable bonds is 26. The van der Waals surface area contributed by atoms with Crippen molar-refractivity contribution in [3.63, 3.8) is 0 Å². The van der Waals surface area contributed by atoms with Crippen molar-refractivity contribution in [3.8, 4) is 5.75 Å². The molecule has 0 saturated heterocycles. The van der Waals surface area contributed by atoms with E-state index in [1.165, 1.54) is 108 Å². The fourth-order valence-electron chi connectivity index (χ4n) is 6.28. The highest BCUT2D eigenvalue weighted by Gasteiger charge is 2.28. The van der Waals surface area contributed by atoms with Crippen molar-refractivity contribution < 1.29 is 23.1 Å². The smallest absolute Gasteiger partial charge is 0.328 e. The summed E-state index contributed by atoms with van der Waals surface area (Å²) < 4.78 is 11.9. The van der Waals surface area contributed by atoms with Crippen molar-refractivity contribution in [1.82, 2.24) is 0 Å². The first kappa shape index (κ1) is 49.3. The number of aryl methyl sites for hydroxylation is 1. The van der Waals surface area contributed by atoms with E-state index in [0.717, 1.165) is 36.8 Å². The third kappa shape index (κ3) is 23.6. The van der Waals surface area contributed by atoms with Gasteiger partial charge in [0.15, 0.2) is 0 Å². The lowest BCUT2D eigenvalue weighted by Gasteiger charge is -2.41. The molecule has 0 bridgehead atoms. The molecule has 51 heavy (non-hydrogen) atoms. The molecule has 6 heteroatoms. The molecule has 0 fully saturated rings. The molecule has 0 unspecified atom stereocenters. The van der Waals surface area contributed by atoms with Crippen molar-refractivity contribution >= 4 is 22.5 Å². The van der Waals surface area contributed by atoms with E-state index >= 15 is 0 Å². The second-order valence-corrected chi connectivity index (χ2v) is 19.5. The van der Waals surface area contributed by atoms with Crippen LogP contribution in [0.3, 0.4) is 0 Å². The van der Waals surface area contributed by atoms with Gasteiger partial charge in [-0.2, -0.15) is 0 Å². The number of phenols is 1. The molecule has 5 nitrogen and oxygen atoms in total. The molecule has 1 rings (SSSR count). The monoisotopic (exact) mass is 737 g/mol. The summed E-state index contributed by atoms with van der Waals surface area (Å²) in [5.74, 6) is 1.41. The summed E-state index contributed by atoms with van der Waals surface area (Å²) in [6, 6.07) is 4.18. The summed E-state index contributed by atoms with van der Waals surface area (Å²) in [4.78, 5) is 24.5. The summed E-state index contributed by atoms with van der Waals surface area (Å²) >= 11 is 0. The number of hydrogen-bond acceptors (Lipinski definition) is 5. The van der Waals surface area contributed by atoms with Crippen LogP contribution in [0.25, 0.3) is 0 Å². The van der Waals surface area contributed by atoms with E-state index in [1.807, 2.05) is 13.8 Å². The molecule has 0 heterocycles. The lowest BCUT2D eigenvalue weighted by molar-refractivity contribution is -0.136. The number of phenolic OH excluding ortho intramolecular Hbond substituents is 1. The Kier molecular flexibility index (Phi) is 26.9. The van der Waals surface area contributed by atoms with Gasteiger partial charge >= 0.3 is 11.9 Å². The minimum atomic E-state index is -2.13. The molecular formula is C45H84O5S. The molecule has 0 aliphatic carbocycles. The molecule has 0 aliphatic heterocycles. The highest BCUT2D eigenvalue weighted by Crippen LogP contribution is 2.53. The fourth-order valence-corrected chi connectivity index (χ4v) is 9.06. The van der Waals surface area contributed by atoms with Crippen LogP contribution in [0.1, 0.15) is 227 Å². The average molecular weight is 737 g/mol. The van der Waals surface area contributed by atoms with Crippen LogP contribution in [-0.2, 0) is 28.8 Å². The molecule has 1 aromatic rings. The third-order valence-electron chi connectivity index (χ3n) is 9.56. The zero-order valence-electron chi connectivity index (χ0n) is 35.6. The van der Waals surface area contributed by atoms with E-state index in [9.17, 15) is 14.7 Å². The molecule has 0 radical (unpaired) electrons. The van der Waals surface area contributed by atoms with Crippen LogP contribution in [0.15, 0.2) is 12.1 Å². The first-order valence-corrected chi connectivity index (χ1v) is 23.0. The lowest BCUT2D eigenvalue weighted by Crippen LogP contribution is -2.22. The van der Waals surface area contributed by atoms with E-state index in [0.29, 0.717) is 30.1 Å². The van der Waals surface area contributed by atoms with Gasteiger partial charge in [-0.25, -0.2) is 0 Å². The van der Waals surface area contributed by atoms with E-state index < -0.39 is 10.6 Å². The van der Waals surface area contributed by atoms with E-state index in [1.54, 1.807) is 0 Å². The Morgan fingerprint density at radius 1 is 0.529 bits per heavy atom. The van der Waals surface area contributed by atoms with Crippen LogP contribution in [0.4, 0.5) is 0 Å². The van der Waals surface area contributed by atoms with Crippen molar-refractivity contribution in [2.75, 3.05) is 11.5 Å². The fraction of sp³-hybridized carbons (Fsp3) is 0.822. The normalized spacial score (nSPS) is 12.3. The van der Waals surface area contributed by atoms with Crippen LogP contribution in [0, 0.1) is 6.92 Å². The second-order valence-electron chi connectivity index (χ2n) is 16.8. The Morgan fingerprint density at radius 3 is 1.06 bits per heavy atom. The summed E-state index contributed by atoms with van der Waals surface area (Å²) in [6.07, 6.45) is 25.9. The molecule has 0 amide bonds. The van der Waals surface area contributed by atoms with Crippen molar-refractivity contribution in [1.29, 1.82) is 0 Å². The highest BCUT2D eigenvalue weighted by atomic mass is 32.3. The van der Waals surface area contributed by atoms with Crippen molar-refractivity contribution in [2.45, 2.75) is 228 Å². The molecule has 0 atom stereocenters. The van der Waals surface area contributed by atoms with Crippen molar-refractivity contribution in [3.05, 3.63) is 28.8 Å². The van der Waals surface area contributed by atoms with Gasteiger partial charge in [0.1, 0.15) is 5.75 Å². The Bertz CT molecular complexity index is 973. The molecule has 0 spiro atoms. The van der Waals surface area contributed by atoms with Crippen LogP contribution < -0.4 is 0 Å². The maximum atomic E-state index is 12.3. The van der Waals surface area contributed by atoms with E-state index in [-0.39, 0.29) is 22.8 Å². The minimum absolute atomic E-state index is 0.0178. The summed E-state index contributed by atoms with van der Waals surface area (Å²) in [5.41, 5.74) is 3.26. The predicted molar refractivity (Wildman–Crippen MR) is 224 cm³/mol. The third-order valence-corrected chi connectivity index (χ3v) is 12.4. The Labute approximate surface area is 318 Å². The first-order valence-electron chi connectivity index (χ1n) is 21.1.